The molecule has 240 valence electrons. The molecule has 4 aromatic rings. The van der Waals surface area contributed by atoms with Crippen LogP contribution in [0.3, 0.4) is 0 Å². The first-order valence-corrected chi connectivity index (χ1v) is 16.3. The van der Waals surface area contributed by atoms with Crippen molar-refractivity contribution in [2.24, 2.45) is 0 Å². The fraction of sp³-hybridized carbons (Fsp3) is 0.235. The summed E-state index contributed by atoms with van der Waals surface area (Å²) in [5, 5.41) is 14.7. The highest BCUT2D eigenvalue weighted by Gasteiger charge is 2.36. The van der Waals surface area contributed by atoms with Crippen molar-refractivity contribution in [1.29, 1.82) is 0 Å². The predicted molar refractivity (Wildman–Crippen MR) is 178 cm³/mol. The van der Waals surface area contributed by atoms with Gasteiger partial charge >= 0.3 is 0 Å². The second-order valence-electron chi connectivity index (χ2n) is 11.7. The monoisotopic (exact) mass is 662 g/mol. The molecule has 1 atom stereocenters. The topological polar surface area (TPSA) is 130 Å². The summed E-state index contributed by atoms with van der Waals surface area (Å²) in [6.45, 7) is 4.69. The smallest absolute Gasteiger partial charge is 0.269 e. The molecule has 0 aromatic heterocycles. The highest BCUT2D eigenvalue weighted by Crippen LogP contribution is 2.27. The van der Waals surface area contributed by atoms with Gasteiger partial charge in [0, 0.05) is 35.7 Å². The van der Waals surface area contributed by atoms with Crippen molar-refractivity contribution in [3.05, 3.63) is 135 Å². The standard InChI is InChI=1S/C34H35ClN4O6S/c1-34(2,3)36-33(41)31(22-25-12-6-4-7-13-25)37(23-26-14-10-11-17-30(26)35)32(40)24-38(27-18-20-28(21-19-27)39(42)43)46(44,45)29-15-8-5-9-16-29/h4-21,31H,22-24H2,1-3H3,(H,36,41). The Kier molecular flexibility index (Phi) is 10.8. The maximum absolute atomic E-state index is 14.5. The minimum Gasteiger partial charge on any atom is -0.350 e. The number of nitrogens with one attached hydrogen (secondary N) is 1. The van der Waals surface area contributed by atoms with Crippen LogP contribution in [0.5, 0.6) is 0 Å². The number of hydrogen-bond acceptors (Lipinski definition) is 6. The number of sulfonamides is 1. The number of anilines is 1. The molecule has 0 saturated carbocycles. The zero-order chi connectivity index (χ0) is 33.5. The first kappa shape index (κ1) is 34.1. The molecule has 10 nitrogen and oxygen atoms in total. The highest BCUT2D eigenvalue weighted by molar-refractivity contribution is 7.92. The van der Waals surface area contributed by atoms with Crippen molar-refractivity contribution >= 4 is 44.8 Å². The van der Waals surface area contributed by atoms with E-state index in [9.17, 15) is 28.1 Å². The van der Waals surface area contributed by atoms with E-state index >= 15 is 0 Å². The van der Waals surface area contributed by atoms with E-state index in [4.69, 9.17) is 11.6 Å². The fourth-order valence-electron chi connectivity index (χ4n) is 4.81. The molecule has 4 aromatic carbocycles. The molecule has 4 rings (SSSR count). The van der Waals surface area contributed by atoms with Crippen molar-refractivity contribution in [3.63, 3.8) is 0 Å². The summed E-state index contributed by atoms with van der Waals surface area (Å²) in [7, 11) is -4.34. The lowest BCUT2D eigenvalue weighted by Crippen LogP contribution is -2.56. The Morgan fingerprint density at radius 3 is 2.00 bits per heavy atom. The van der Waals surface area contributed by atoms with E-state index in [0.717, 1.165) is 9.87 Å². The molecular weight excluding hydrogens is 628 g/mol. The SMILES string of the molecule is CC(C)(C)NC(=O)C(Cc1ccccc1)N(Cc1ccccc1Cl)C(=O)CN(c1ccc([N+](=O)[O-])cc1)S(=O)(=O)c1ccccc1. The van der Waals surface area contributed by atoms with Crippen LogP contribution in [-0.4, -0.2) is 48.2 Å². The average molecular weight is 663 g/mol. The predicted octanol–water partition coefficient (Wildman–Crippen LogP) is 6.00. The molecule has 2 amide bonds. The van der Waals surface area contributed by atoms with Gasteiger partial charge in [0.15, 0.2) is 0 Å². The van der Waals surface area contributed by atoms with Gasteiger partial charge in [-0.1, -0.05) is 78.3 Å². The van der Waals surface area contributed by atoms with Crippen LogP contribution in [0.15, 0.2) is 114 Å². The number of halogens is 1. The minimum absolute atomic E-state index is 0.0410. The van der Waals surface area contributed by atoms with Gasteiger partial charge in [-0.15, -0.1) is 0 Å². The number of nitrogens with zero attached hydrogens (tertiary/aromatic N) is 3. The number of hydrogen-bond donors (Lipinski definition) is 1. The summed E-state index contributed by atoms with van der Waals surface area (Å²) in [5.74, 6) is -1.10. The van der Waals surface area contributed by atoms with Crippen LogP contribution in [-0.2, 0) is 32.6 Å². The molecule has 0 aliphatic carbocycles. The first-order valence-electron chi connectivity index (χ1n) is 14.5. The zero-order valence-corrected chi connectivity index (χ0v) is 27.2. The number of carbonyl (C=O) groups is 2. The molecule has 46 heavy (non-hydrogen) atoms. The van der Waals surface area contributed by atoms with Gasteiger partial charge in [0.2, 0.25) is 11.8 Å². The zero-order valence-electron chi connectivity index (χ0n) is 25.7. The second kappa shape index (κ2) is 14.6. The van der Waals surface area contributed by atoms with Crippen LogP contribution in [0.4, 0.5) is 11.4 Å². The normalized spacial score (nSPS) is 12.2. The number of nitro groups is 1. The molecule has 0 radical (unpaired) electrons. The molecular formula is C34H35ClN4O6S. The Morgan fingerprint density at radius 2 is 1.43 bits per heavy atom. The van der Waals surface area contributed by atoms with Gasteiger partial charge in [0.05, 0.1) is 15.5 Å². The molecule has 0 aliphatic rings. The Balaban J connectivity index is 1.83. The maximum Gasteiger partial charge on any atom is 0.269 e. The quantitative estimate of drug-likeness (QED) is 0.146. The first-order chi connectivity index (χ1) is 21.8. The van der Waals surface area contributed by atoms with E-state index < -0.39 is 44.9 Å². The van der Waals surface area contributed by atoms with Crippen LogP contribution < -0.4 is 9.62 Å². The molecule has 1 unspecified atom stereocenters. The van der Waals surface area contributed by atoms with Gasteiger partial charge < -0.3 is 10.2 Å². The minimum atomic E-state index is -4.34. The summed E-state index contributed by atoms with van der Waals surface area (Å²) < 4.78 is 28.9. The summed E-state index contributed by atoms with van der Waals surface area (Å²) in [4.78, 5) is 40.4. The Bertz CT molecular complexity index is 1780. The van der Waals surface area contributed by atoms with E-state index in [2.05, 4.69) is 5.32 Å². The Labute approximate surface area is 273 Å². The van der Waals surface area contributed by atoms with Crippen molar-refractivity contribution in [2.45, 2.75) is 50.2 Å². The number of rotatable bonds is 12. The molecule has 0 fully saturated rings. The number of benzene rings is 4. The third-order valence-corrected chi connectivity index (χ3v) is 9.18. The molecule has 0 aliphatic heterocycles. The Morgan fingerprint density at radius 1 is 0.870 bits per heavy atom. The Hall–Kier alpha value is -4.74. The van der Waals surface area contributed by atoms with E-state index in [1.54, 1.807) is 42.5 Å². The third-order valence-electron chi connectivity index (χ3n) is 7.03. The van der Waals surface area contributed by atoms with Crippen LogP contribution >= 0.6 is 11.6 Å². The van der Waals surface area contributed by atoms with Gasteiger partial charge in [-0.25, -0.2) is 8.42 Å². The highest BCUT2D eigenvalue weighted by atomic mass is 35.5. The van der Waals surface area contributed by atoms with Crippen LogP contribution in [0, 0.1) is 10.1 Å². The molecule has 0 spiro atoms. The molecule has 0 saturated heterocycles. The van der Waals surface area contributed by atoms with Crippen LogP contribution in [0.1, 0.15) is 31.9 Å². The van der Waals surface area contributed by atoms with Crippen molar-refractivity contribution in [3.8, 4) is 0 Å². The van der Waals surface area contributed by atoms with Gasteiger partial charge in [-0.2, -0.15) is 0 Å². The maximum atomic E-state index is 14.5. The summed E-state index contributed by atoms with van der Waals surface area (Å²) in [6.07, 6.45) is 0.141. The number of amides is 2. The van der Waals surface area contributed by atoms with Crippen molar-refractivity contribution < 1.29 is 22.9 Å². The lowest BCUT2D eigenvalue weighted by atomic mass is 10.0. The van der Waals surface area contributed by atoms with Crippen LogP contribution in [0.2, 0.25) is 5.02 Å². The van der Waals surface area contributed by atoms with Gasteiger partial charge in [-0.3, -0.25) is 24.0 Å². The summed E-state index contributed by atoms with van der Waals surface area (Å²) >= 11 is 6.52. The summed E-state index contributed by atoms with van der Waals surface area (Å²) in [6, 6.07) is 27.5. The lowest BCUT2D eigenvalue weighted by Gasteiger charge is -2.35. The molecule has 0 bridgehead atoms. The van der Waals surface area contributed by atoms with Gasteiger partial charge in [-0.05, 0) is 62.2 Å². The van der Waals surface area contributed by atoms with E-state index in [1.807, 2.05) is 51.1 Å². The number of nitro benzene ring substituents is 1. The van der Waals surface area contributed by atoms with Gasteiger partial charge in [0.25, 0.3) is 15.7 Å². The molecule has 12 heteroatoms. The second-order valence-corrected chi connectivity index (χ2v) is 13.9. The molecule has 0 heterocycles. The van der Waals surface area contributed by atoms with Crippen molar-refractivity contribution in [2.75, 3.05) is 10.8 Å². The third kappa shape index (κ3) is 8.70. The van der Waals surface area contributed by atoms with E-state index in [0.29, 0.717) is 10.6 Å². The summed E-state index contributed by atoms with van der Waals surface area (Å²) in [5.41, 5.74) is 0.519. The van der Waals surface area contributed by atoms with E-state index in [1.165, 1.54) is 41.3 Å². The van der Waals surface area contributed by atoms with Crippen LogP contribution in [0.25, 0.3) is 0 Å². The number of non-ortho nitro benzene ring substituents is 1. The lowest BCUT2D eigenvalue weighted by molar-refractivity contribution is -0.384. The largest absolute Gasteiger partial charge is 0.350 e. The average Bonchev–Trinajstić information content (AvgIpc) is 3.02. The molecule has 1 N–H and O–H groups in total. The number of carbonyl (C=O) groups excluding carboxylic acids is 2. The van der Waals surface area contributed by atoms with Gasteiger partial charge in [0.1, 0.15) is 12.6 Å². The van der Waals surface area contributed by atoms with E-state index in [-0.39, 0.29) is 29.2 Å². The van der Waals surface area contributed by atoms with Crippen molar-refractivity contribution in [1.82, 2.24) is 10.2 Å². The fourth-order valence-corrected chi connectivity index (χ4v) is 6.44.